The summed E-state index contributed by atoms with van der Waals surface area (Å²) in [6, 6.07) is 3.39. The zero-order valence-corrected chi connectivity index (χ0v) is 11.2. The molecular weight excluding hydrogens is 268 g/mol. The number of carboxylic acid groups (broad SMARTS) is 1. The fourth-order valence-electron chi connectivity index (χ4n) is 3.09. The Hall–Kier alpha value is -1.42. The maximum absolute atomic E-state index is 11.8. The van der Waals surface area contributed by atoms with Gasteiger partial charge >= 0.3 is 5.97 Å². The molecule has 0 aromatic heterocycles. The molecule has 1 fully saturated rings. The normalized spacial score (nSPS) is 20.3. The van der Waals surface area contributed by atoms with Crippen molar-refractivity contribution in [2.45, 2.75) is 37.5 Å². The Morgan fingerprint density at radius 2 is 1.95 bits per heavy atom. The van der Waals surface area contributed by atoms with Gasteiger partial charge in [-0.15, -0.1) is 0 Å². The molecule has 1 heterocycles. The third kappa shape index (κ3) is 1.94. The van der Waals surface area contributed by atoms with Crippen molar-refractivity contribution in [3.63, 3.8) is 0 Å². The summed E-state index contributed by atoms with van der Waals surface area (Å²) < 4.78 is 10.8. The molecule has 0 amide bonds. The first-order chi connectivity index (χ1) is 9.13. The number of ether oxygens (including phenoxy) is 2. The number of aliphatic carboxylic acids is 1. The molecule has 5 heteroatoms. The van der Waals surface area contributed by atoms with Gasteiger partial charge < -0.3 is 14.6 Å². The third-order valence-corrected chi connectivity index (χ3v) is 4.29. The van der Waals surface area contributed by atoms with E-state index >= 15 is 0 Å². The Labute approximate surface area is 116 Å². The molecule has 0 bridgehead atoms. The Bertz CT molecular complexity index is 520. The largest absolute Gasteiger partial charge is 0.481 e. The topological polar surface area (TPSA) is 55.8 Å². The quantitative estimate of drug-likeness (QED) is 0.904. The summed E-state index contributed by atoms with van der Waals surface area (Å²) in [4.78, 5) is 11.8. The molecule has 102 valence electrons. The molecule has 19 heavy (non-hydrogen) atoms. The summed E-state index contributed by atoms with van der Waals surface area (Å²) in [6.45, 7) is 0.123. The average molecular weight is 283 g/mol. The first-order valence-electron chi connectivity index (χ1n) is 6.46. The van der Waals surface area contributed by atoms with Gasteiger partial charge in [0.05, 0.1) is 5.41 Å². The van der Waals surface area contributed by atoms with E-state index in [1.54, 1.807) is 12.1 Å². The number of rotatable bonds is 2. The fraction of sp³-hybridized carbons (Fsp3) is 0.500. The van der Waals surface area contributed by atoms with Crippen LogP contribution in [-0.2, 0) is 10.2 Å². The molecule has 1 aromatic rings. The van der Waals surface area contributed by atoms with Crippen LogP contribution >= 0.6 is 11.6 Å². The highest BCUT2D eigenvalue weighted by Crippen LogP contribution is 2.49. The SMILES string of the molecule is O=C(O)C1(c2cc(Cl)cc3c2OCO3)CCCCC1. The Morgan fingerprint density at radius 1 is 1.21 bits per heavy atom. The van der Waals surface area contributed by atoms with E-state index < -0.39 is 11.4 Å². The van der Waals surface area contributed by atoms with Gasteiger partial charge in [0.2, 0.25) is 6.79 Å². The molecule has 0 atom stereocenters. The summed E-state index contributed by atoms with van der Waals surface area (Å²) >= 11 is 6.09. The van der Waals surface area contributed by atoms with Gasteiger partial charge in [-0.05, 0) is 18.9 Å². The summed E-state index contributed by atoms with van der Waals surface area (Å²) in [5.41, 5.74) is -0.222. The second-order valence-corrected chi connectivity index (χ2v) is 5.57. The van der Waals surface area contributed by atoms with Gasteiger partial charge in [-0.25, -0.2) is 0 Å². The Kier molecular flexibility index (Phi) is 3.05. The standard InChI is InChI=1S/C14H15ClO4/c15-9-6-10(12-11(7-9)18-8-19-12)14(13(16)17)4-2-1-3-5-14/h6-7H,1-5,8H2,(H,16,17). The van der Waals surface area contributed by atoms with Crippen LogP contribution in [0, 0.1) is 0 Å². The fourth-order valence-corrected chi connectivity index (χ4v) is 3.29. The molecule has 1 aromatic carbocycles. The van der Waals surface area contributed by atoms with E-state index in [2.05, 4.69) is 0 Å². The number of hydrogen-bond acceptors (Lipinski definition) is 3. The predicted octanol–water partition coefficient (Wildman–Crippen LogP) is 3.36. The molecule has 1 aliphatic heterocycles. The maximum Gasteiger partial charge on any atom is 0.314 e. The first-order valence-corrected chi connectivity index (χ1v) is 6.84. The van der Waals surface area contributed by atoms with Crippen molar-refractivity contribution in [3.05, 3.63) is 22.7 Å². The van der Waals surface area contributed by atoms with Gasteiger partial charge in [0.15, 0.2) is 11.5 Å². The molecule has 1 saturated carbocycles. The summed E-state index contributed by atoms with van der Waals surface area (Å²) in [6.07, 6.45) is 4.15. The van der Waals surface area contributed by atoms with Crippen LogP contribution in [0.5, 0.6) is 11.5 Å². The zero-order valence-electron chi connectivity index (χ0n) is 10.4. The lowest BCUT2D eigenvalue weighted by atomic mass is 9.69. The lowest BCUT2D eigenvalue weighted by Crippen LogP contribution is -2.38. The molecule has 3 rings (SSSR count). The maximum atomic E-state index is 11.8. The molecule has 0 saturated heterocycles. The molecule has 4 nitrogen and oxygen atoms in total. The van der Waals surface area contributed by atoms with Crippen molar-refractivity contribution >= 4 is 17.6 Å². The number of hydrogen-bond donors (Lipinski definition) is 1. The highest BCUT2D eigenvalue weighted by Gasteiger charge is 2.45. The Balaban J connectivity index is 2.16. The van der Waals surface area contributed by atoms with E-state index in [4.69, 9.17) is 21.1 Å². The molecular formula is C14H15ClO4. The van der Waals surface area contributed by atoms with Crippen molar-refractivity contribution in [2.24, 2.45) is 0 Å². The summed E-state index contributed by atoms with van der Waals surface area (Å²) in [5.74, 6) is 0.301. The monoisotopic (exact) mass is 282 g/mol. The van der Waals surface area contributed by atoms with E-state index in [1.807, 2.05) is 0 Å². The van der Waals surface area contributed by atoms with Crippen molar-refractivity contribution in [1.29, 1.82) is 0 Å². The average Bonchev–Trinajstić information content (AvgIpc) is 2.86. The van der Waals surface area contributed by atoms with E-state index in [9.17, 15) is 9.90 Å². The zero-order chi connectivity index (χ0) is 13.5. The summed E-state index contributed by atoms with van der Waals surface area (Å²) in [7, 11) is 0. The van der Waals surface area contributed by atoms with Crippen LogP contribution in [0.25, 0.3) is 0 Å². The van der Waals surface area contributed by atoms with E-state index in [1.165, 1.54) is 0 Å². The lowest BCUT2D eigenvalue weighted by molar-refractivity contribution is -0.145. The van der Waals surface area contributed by atoms with E-state index in [-0.39, 0.29) is 6.79 Å². The third-order valence-electron chi connectivity index (χ3n) is 4.07. The minimum absolute atomic E-state index is 0.123. The molecule has 0 radical (unpaired) electrons. The van der Waals surface area contributed by atoms with E-state index in [0.717, 1.165) is 19.3 Å². The number of carboxylic acids is 1. The second-order valence-electron chi connectivity index (χ2n) is 5.14. The van der Waals surface area contributed by atoms with Crippen molar-refractivity contribution < 1.29 is 19.4 Å². The Morgan fingerprint density at radius 3 is 2.63 bits per heavy atom. The van der Waals surface area contributed by atoms with Crippen LogP contribution in [0.1, 0.15) is 37.7 Å². The molecule has 1 aliphatic carbocycles. The molecule has 2 aliphatic rings. The number of halogens is 1. The smallest absolute Gasteiger partial charge is 0.314 e. The van der Waals surface area contributed by atoms with Crippen molar-refractivity contribution in [1.82, 2.24) is 0 Å². The first kappa shape index (κ1) is 12.6. The van der Waals surface area contributed by atoms with Crippen LogP contribution in [-0.4, -0.2) is 17.9 Å². The van der Waals surface area contributed by atoms with Crippen molar-refractivity contribution in [2.75, 3.05) is 6.79 Å². The predicted molar refractivity (Wildman–Crippen MR) is 70.0 cm³/mol. The number of carbonyl (C=O) groups is 1. The number of fused-ring (bicyclic) bond motifs is 1. The van der Waals surface area contributed by atoms with Gasteiger partial charge in [-0.2, -0.15) is 0 Å². The minimum Gasteiger partial charge on any atom is -0.481 e. The lowest BCUT2D eigenvalue weighted by Gasteiger charge is -2.34. The van der Waals surface area contributed by atoms with Crippen LogP contribution in [0.15, 0.2) is 12.1 Å². The van der Waals surface area contributed by atoms with Crippen molar-refractivity contribution in [3.8, 4) is 11.5 Å². The van der Waals surface area contributed by atoms with Crippen LogP contribution in [0.4, 0.5) is 0 Å². The van der Waals surface area contributed by atoms with Crippen LogP contribution in [0.2, 0.25) is 5.02 Å². The second kappa shape index (κ2) is 4.60. The minimum atomic E-state index is -0.888. The van der Waals surface area contributed by atoms with Gasteiger partial charge in [0.1, 0.15) is 0 Å². The van der Waals surface area contributed by atoms with Gasteiger partial charge in [-0.3, -0.25) is 4.79 Å². The van der Waals surface area contributed by atoms with Gasteiger partial charge in [-0.1, -0.05) is 30.9 Å². The molecule has 0 unspecified atom stereocenters. The van der Waals surface area contributed by atoms with Gasteiger partial charge in [0, 0.05) is 16.7 Å². The molecule has 0 spiro atoms. The highest BCUT2D eigenvalue weighted by atomic mass is 35.5. The van der Waals surface area contributed by atoms with Gasteiger partial charge in [0.25, 0.3) is 0 Å². The number of benzene rings is 1. The van der Waals surface area contributed by atoms with E-state index in [0.29, 0.717) is 34.9 Å². The van der Waals surface area contributed by atoms with Crippen LogP contribution < -0.4 is 9.47 Å². The van der Waals surface area contributed by atoms with Crippen LogP contribution in [0.3, 0.4) is 0 Å². The highest BCUT2D eigenvalue weighted by molar-refractivity contribution is 6.31. The molecule has 1 N–H and O–H groups in total. The summed E-state index contributed by atoms with van der Waals surface area (Å²) in [5, 5.41) is 10.2.